The summed E-state index contributed by atoms with van der Waals surface area (Å²) in [5, 5.41) is 11.5. The first-order chi connectivity index (χ1) is 11.4. The second kappa shape index (κ2) is 10.0. The molecule has 0 saturated carbocycles. The van der Waals surface area contributed by atoms with E-state index in [0.717, 1.165) is 40.1 Å². The van der Waals surface area contributed by atoms with E-state index in [2.05, 4.69) is 34.6 Å². The summed E-state index contributed by atoms with van der Waals surface area (Å²) in [5.41, 5.74) is 3.21. The number of benzene rings is 1. The number of rotatable bonds is 5. The summed E-state index contributed by atoms with van der Waals surface area (Å²) in [5.74, 6) is 1.90. The Morgan fingerprint density at radius 2 is 2.04 bits per heavy atom. The minimum atomic E-state index is 0. The molecule has 0 spiro atoms. The molecule has 2 unspecified atom stereocenters. The van der Waals surface area contributed by atoms with Crippen LogP contribution in [0.2, 0.25) is 5.02 Å². The van der Waals surface area contributed by atoms with Crippen molar-refractivity contribution in [1.29, 1.82) is 0 Å². The van der Waals surface area contributed by atoms with E-state index < -0.39 is 0 Å². The normalized spacial score (nSPS) is 13.8. The lowest BCUT2D eigenvalue weighted by Gasteiger charge is -2.20. The van der Waals surface area contributed by atoms with Gasteiger partial charge in [0, 0.05) is 30.1 Å². The molecule has 25 heavy (non-hydrogen) atoms. The van der Waals surface area contributed by atoms with E-state index in [-0.39, 0.29) is 35.9 Å². The van der Waals surface area contributed by atoms with Crippen LogP contribution >= 0.6 is 35.6 Å². The van der Waals surface area contributed by atoms with Gasteiger partial charge in [-0.1, -0.05) is 35.8 Å². The molecule has 0 aliphatic rings. The molecular weight excluding hydrogens is 451 g/mol. The van der Waals surface area contributed by atoms with Gasteiger partial charge in [-0.05, 0) is 38.5 Å². The molecule has 2 N–H and O–H groups in total. The zero-order chi connectivity index (χ0) is 17.7. The summed E-state index contributed by atoms with van der Waals surface area (Å²) in [6.07, 6.45) is 0. The van der Waals surface area contributed by atoms with Gasteiger partial charge in [0.15, 0.2) is 5.96 Å². The number of nitrogens with one attached hydrogen (secondary N) is 2. The van der Waals surface area contributed by atoms with Crippen LogP contribution in [0, 0.1) is 13.8 Å². The van der Waals surface area contributed by atoms with Crippen molar-refractivity contribution < 1.29 is 4.52 Å². The van der Waals surface area contributed by atoms with Gasteiger partial charge in [0.1, 0.15) is 5.76 Å². The fraction of sp³-hybridized carbons (Fsp3) is 0.444. The number of halogens is 2. The third kappa shape index (κ3) is 5.88. The minimum Gasteiger partial charge on any atom is -0.361 e. The summed E-state index contributed by atoms with van der Waals surface area (Å²) in [4.78, 5) is 4.30. The minimum absolute atomic E-state index is 0. The van der Waals surface area contributed by atoms with E-state index in [1.165, 1.54) is 0 Å². The maximum absolute atomic E-state index is 6.06. The molecule has 1 aromatic carbocycles. The van der Waals surface area contributed by atoms with Crippen LogP contribution in [-0.4, -0.2) is 24.7 Å². The standard InChI is InChI=1S/C18H25ClN4O.HI/c1-11(17-13(3)23-24-14(17)4)10-21-18(20-5)22-12(2)15-7-6-8-16(19)9-15;/h6-9,11-12H,10H2,1-5H3,(H2,20,21,22);1H. The topological polar surface area (TPSA) is 62.5 Å². The number of guanidine groups is 1. The van der Waals surface area contributed by atoms with Crippen molar-refractivity contribution in [2.24, 2.45) is 4.99 Å². The summed E-state index contributed by atoms with van der Waals surface area (Å²) >= 11 is 6.06. The van der Waals surface area contributed by atoms with E-state index in [4.69, 9.17) is 16.1 Å². The van der Waals surface area contributed by atoms with Gasteiger partial charge < -0.3 is 15.2 Å². The predicted molar refractivity (Wildman–Crippen MR) is 114 cm³/mol. The lowest BCUT2D eigenvalue weighted by molar-refractivity contribution is 0.391. The maximum atomic E-state index is 6.06. The average molecular weight is 477 g/mol. The summed E-state index contributed by atoms with van der Waals surface area (Å²) in [7, 11) is 1.76. The van der Waals surface area contributed by atoms with Gasteiger partial charge in [-0.2, -0.15) is 0 Å². The van der Waals surface area contributed by atoms with Crippen LogP contribution in [0.15, 0.2) is 33.8 Å². The molecule has 0 radical (unpaired) electrons. The van der Waals surface area contributed by atoms with Crippen molar-refractivity contribution in [3.05, 3.63) is 51.9 Å². The number of aryl methyl sites for hydroxylation is 2. The quantitative estimate of drug-likeness (QED) is 0.376. The molecule has 0 saturated heterocycles. The largest absolute Gasteiger partial charge is 0.361 e. The van der Waals surface area contributed by atoms with Crippen LogP contribution in [0.1, 0.15) is 48.4 Å². The zero-order valence-corrected chi connectivity index (χ0v) is 18.3. The number of aliphatic imine (C=N–C) groups is 1. The molecule has 0 amide bonds. The highest BCUT2D eigenvalue weighted by Gasteiger charge is 2.17. The number of hydrogen-bond acceptors (Lipinski definition) is 3. The van der Waals surface area contributed by atoms with Crippen molar-refractivity contribution in [2.75, 3.05) is 13.6 Å². The molecule has 0 fully saturated rings. The third-order valence-electron chi connectivity index (χ3n) is 4.08. The Morgan fingerprint density at radius 1 is 1.32 bits per heavy atom. The summed E-state index contributed by atoms with van der Waals surface area (Å²) in [6.45, 7) is 8.88. The molecule has 0 aliphatic heterocycles. The van der Waals surface area contributed by atoms with Crippen LogP contribution in [0.5, 0.6) is 0 Å². The molecule has 1 heterocycles. The van der Waals surface area contributed by atoms with Gasteiger partial charge in [0.25, 0.3) is 0 Å². The van der Waals surface area contributed by atoms with Gasteiger partial charge in [-0.25, -0.2) is 0 Å². The zero-order valence-electron chi connectivity index (χ0n) is 15.3. The smallest absolute Gasteiger partial charge is 0.191 e. The van der Waals surface area contributed by atoms with E-state index in [1.807, 2.05) is 38.1 Å². The predicted octanol–water partition coefficient (Wildman–Crippen LogP) is 4.59. The molecule has 5 nitrogen and oxygen atoms in total. The van der Waals surface area contributed by atoms with Crippen molar-refractivity contribution in [1.82, 2.24) is 15.8 Å². The molecule has 1 aromatic heterocycles. The Kier molecular flexibility index (Phi) is 8.71. The maximum Gasteiger partial charge on any atom is 0.191 e. The number of hydrogen-bond donors (Lipinski definition) is 2. The molecule has 0 aliphatic carbocycles. The SMILES string of the molecule is CN=C(NCC(C)c1c(C)noc1C)NC(C)c1cccc(Cl)c1.I. The van der Waals surface area contributed by atoms with Gasteiger partial charge in [-0.15, -0.1) is 24.0 Å². The second-order valence-electron chi connectivity index (χ2n) is 6.01. The molecular formula is C18H26ClIN4O. The highest BCUT2D eigenvalue weighted by Crippen LogP contribution is 2.22. The Morgan fingerprint density at radius 3 is 2.60 bits per heavy atom. The van der Waals surface area contributed by atoms with Crippen molar-refractivity contribution in [3.63, 3.8) is 0 Å². The fourth-order valence-electron chi connectivity index (χ4n) is 2.80. The molecule has 2 aromatic rings. The fourth-order valence-corrected chi connectivity index (χ4v) is 3.00. The molecule has 2 rings (SSSR count). The van der Waals surface area contributed by atoms with Gasteiger partial charge in [-0.3, -0.25) is 4.99 Å². The van der Waals surface area contributed by atoms with Crippen molar-refractivity contribution >= 4 is 41.5 Å². The molecule has 2 atom stereocenters. The Labute approximate surface area is 171 Å². The van der Waals surface area contributed by atoms with E-state index >= 15 is 0 Å². The first-order valence-electron chi connectivity index (χ1n) is 8.07. The number of aromatic nitrogens is 1. The lowest BCUT2D eigenvalue weighted by Crippen LogP contribution is -2.40. The second-order valence-corrected chi connectivity index (χ2v) is 6.45. The molecule has 7 heteroatoms. The lowest BCUT2D eigenvalue weighted by atomic mass is 10.00. The monoisotopic (exact) mass is 476 g/mol. The summed E-state index contributed by atoms with van der Waals surface area (Å²) < 4.78 is 5.25. The van der Waals surface area contributed by atoms with Crippen LogP contribution in [0.25, 0.3) is 0 Å². The van der Waals surface area contributed by atoms with Crippen LogP contribution in [-0.2, 0) is 0 Å². The van der Waals surface area contributed by atoms with Crippen LogP contribution in [0.3, 0.4) is 0 Å². The van der Waals surface area contributed by atoms with Gasteiger partial charge in [0.05, 0.1) is 11.7 Å². The summed E-state index contributed by atoms with van der Waals surface area (Å²) in [6, 6.07) is 7.92. The van der Waals surface area contributed by atoms with Crippen LogP contribution in [0.4, 0.5) is 0 Å². The molecule has 0 bridgehead atoms. The van der Waals surface area contributed by atoms with E-state index in [0.29, 0.717) is 0 Å². The van der Waals surface area contributed by atoms with E-state index in [1.54, 1.807) is 7.05 Å². The van der Waals surface area contributed by atoms with Crippen molar-refractivity contribution in [3.8, 4) is 0 Å². The first kappa shape index (κ1) is 21.8. The average Bonchev–Trinajstić information content (AvgIpc) is 2.89. The molecule has 138 valence electrons. The number of nitrogens with zero attached hydrogens (tertiary/aromatic N) is 2. The van der Waals surface area contributed by atoms with E-state index in [9.17, 15) is 0 Å². The van der Waals surface area contributed by atoms with Crippen molar-refractivity contribution in [2.45, 2.75) is 39.7 Å². The Hall–Kier alpha value is -1.28. The first-order valence-corrected chi connectivity index (χ1v) is 8.45. The highest BCUT2D eigenvalue weighted by molar-refractivity contribution is 14.0. The highest BCUT2D eigenvalue weighted by atomic mass is 127. The Balaban J connectivity index is 0.00000312. The van der Waals surface area contributed by atoms with Gasteiger partial charge in [0.2, 0.25) is 0 Å². The van der Waals surface area contributed by atoms with Crippen LogP contribution < -0.4 is 10.6 Å². The Bertz CT molecular complexity index is 697. The van der Waals surface area contributed by atoms with Gasteiger partial charge >= 0.3 is 0 Å². The third-order valence-corrected chi connectivity index (χ3v) is 4.32.